The fraction of sp³-hybridized carbons (Fsp3) is 0.211. The normalized spacial score (nSPS) is 9.76. The zero-order chi connectivity index (χ0) is 15.1. The maximum atomic E-state index is 10.5. The Morgan fingerprint density at radius 3 is 2.00 bits per heavy atom. The average Bonchev–Trinajstić information content (AvgIpc) is 2.48. The van der Waals surface area contributed by atoms with Gasteiger partial charge in [0.05, 0.1) is 0 Å². The van der Waals surface area contributed by atoms with Crippen molar-refractivity contribution in [3.63, 3.8) is 0 Å². The van der Waals surface area contributed by atoms with Crippen molar-refractivity contribution in [2.45, 2.75) is 26.2 Å². The van der Waals surface area contributed by atoms with E-state index in [2.05, 4.69) is 30.9 Å². The predicted molar refractivity (Wildman–Crippen MR) is 84.2 cm³/mol. The molecular weight excluding hydrogens is 260 g/mol. The predicted octanol–water partition coefficient (Wildman–Crippen LogP) is 3.80. The van der Waals surface area contributed by atoms with Gasteiger partial charge in [-0.3, -0.25) is 4.79 Å². The lowest BCUT2D eigenvalue weighted by atomic mass is 10.1. The smallest absolute Gasteiger partial charge is 0.303 e. The van der Waals surface area contributed by atoms with Gasteiger partial charge in [0.1, 0.15) is 0 Å². The molecular formula is C19H18O2. The van der Waals surface area contributed by atoms with Crippen LogP contribution in [0.2, 0.25) is 0 Å². The van der Waals surface area contributed by atoms with Crippen molar-refractivity contribution in [2.75, 3.05) is 0 Å². The minimum atomic E-state index is -0.740. The number of carboxylic acids is 1. The lowest BCUT2D eigenvalue weighted by Crippen LogP contribution is -1.95. The van der Waals surface area contributed by atoms with Gasteiger partial charge in [-0.2, -0.15) is 0 Å². The summed E-state index contributed by atoms with van der Waals surface area (Å²) in [6, 6.07) is 16.1. The van der Waals surface area contributed by atoms with Crippen molar-refractivity contribution >= 4 is 5.97 Å². The summed E-state index contributed by atoms with van der Waals surface area (Å²) in [5.74, 6) is 5.54. The molecule has 0 radical (unpaired) electrons. The Bertz CT molecular complexity index is 655. The summed E-state index contributed by atoms with van der Waals surface area (Å²) < 4.78 is 0. The third-order valence-corrected chi connectivity index (χ3v) is 3.21. The highest BCUT2D eigenvalue weighted by Gasteiger charge is 1.98. The summed E-state index contributed by atoms with van der Waals surface area (Å²) in [6.07, 6.45) is 1.68. The van der Waals surface area contributed by atoms with Crippen LogP contribution >= 0.6 is 0 Å². The van der Waals surface area contributed by atoms with Crippen LogP contribution in [0.5, 0.6) is 0 Å². The first-order valence-corrected chi connectivity index (χ1v) is 7.03. The molecule has 21 heavy (non-hydrogen) atoms. The molecule has 0 heterocycles. The molecule has 2 heteroatoms. The molecule has 0 bridgehead atoms. The minimum Gasteiger partial charge on any atom is -0.481 e. The van der Waals surface area contributed by atoms with Gasteiger partial charge in [-0.05, 0) is 49.6 Å². The van der Waals surface area contributed by atoms with Crippen LogP contribution in [0.15, 0.2) is 48.5 Å². The van der Waals surface area contributed by atoms with Gasteiger partial charge in [-0.15, -0.1) is 0 Å². The second-order valence-electron chi connectivity index (χ2n) is 5.06. The molecule has 0 aliphatic rings. The number of hydrogen-bond acceptors (Lipinski definition) is 1. The number of aryl methyl sites for hydroxylation is 2. The van der Waals surface area contributed by atoms with E-state index in [9.17, 15) is 4.79 Å². The molecule has 0 saturated heterocycles. The van der Waals surface area contributed by atoms with Gasteiger partial charge in [-0.1, -0.05) is 41.7 Å². The van der Waals surface area contributed by atoms with E-state index in [1.165, 1.54) is 5.56 Å². The van der Waals surface area contributed by atoms with Gasteiger partial charge in [0.2, 0.25) is 0 Å². The van der Waals surface area contributed by atoms with E-state index >= 15 is 0 Å². The molecule has 2 nitrogen and oxygen atoms in total. The van der Waals surface area contributed by atoms with Gasteiger partial charge >= 0.3 is 5.97 Å². The van der Waals surface area contributed by atoms with Gasteiger partial charge in [0, 0.05) is 17.5 Å². The van der Waals surface area contributed by atoms with E-state index in [0.29, 0.717) is 6.42 Å². The fourth-order valence-corrected chi connectivity index (χ4v) is 1.98. The van der Waals surface area contributed by atoms with E-state index in [1.54, 1.807) is 0 Å². The van der Waals surface area contributed by atoms with E-state index in [-0.39, 0.29) is 6.42 Å². The first kappa shape index (κ1) is 14.9. The molecule has 0 aliphatic carbocycles. The summed E-state index contributed by atoms with van der Waals surface area (Å²) in [5, 5.41) is 8.61. The van der Waals surface area contributed by atoms with Gasteiger partial charge in [0.25, 0.3) is 0 Å². The van der Waals surface area contributed by atoms with Crippen LogP contribution in [0.25, 0.3) is 0 Å². The number of hydrogen-bond donors (Lipinski definition) is 1. The fourth-order valence-electron chi connectivity index (χ4n) is 1.98. The van der Waals surface area contributed by atoms with Crippen LogP contribution in [0.1, 0.15) is 35.1 Å². The monoisotopic (exact) mass is 278 g/mol. The first-order valence-electron chi connectivity index (χ1n) is 7.03. The number of benzene rings is 2. The third-order valence-electron chi connectivity index (χ3n) is 3.21. The van der Waals surface area contributed by atoms with E-state index in [0.717, 1.165) is 23.1 Å². The molecule has 106 valence electrons. The molecule has 0 unspecified atom stereocenters. The number of carbonyl (C=O) groups is 1. The molecule has 0 fully saturated rings. The molecule has 0 atom stereocenters. The summed E-state index contributed by atoms with van der Waals surface area (Å²) in [4.78, 5) is 10.5. The third kappa shape index (κ3) is 5.16. The maximum absolute atomic E-state index is 10.5. The highest BCUT2D eigenvalue weighted by molar-refractivity contribution is 5.66. The van der Waals surface area contributed by atoms with Crippen molar-refractivity contribution in [1.82, 2.24) is 0 Å². The lowest BCUT2D eigenvalue weighted by Gasteiger charge is -1.99. The van der Waals surface area contributed by atoms with Crippen LogP contribution in [-0.4, -0.2) is 11.1 Å². The number of rotatable bonds is 4. The molecule has 2 aromatic carbocycles. The number of aliphatic carboxylic acids is 1. The van der Waals surface area contributed by atoms with E-state index in [1.807, 2.05) is 36.4 Å². The Kier molecular flexibility index (Phi) is 5.17. The molecule has 2 aromatic rings. The Morgan fingerprint density at radius 1 is 0.952 bits per heavy atom. The zero-order valence-electron chi connectivity index (χ0n) is 12.1. The Hall–Kier alpha value is -2.53. The van der Waals surface area contributed by atoms with Crippen LogP contribution in [0.4, 0.5) is 0 Å². The van der Waals surface area contributed by atoms with Crippen molar-refractivity contribution in [3.05, 3.63) is 70.8 Å². The zero-order valence-corrected chi connectivity index (χ0v) is 12.1. The van der Waals surface area contributed by atoms with Crippen molar-refractivity contribution in [3.8, 4) is 11.8 Å². The minimum absolute atomic E-state index is 0.217. The summed E-state index contributed by atoms with van der Waals surface area (Å²) >= 11 is 0. The summed E-state index contributed by atoms with van der Waals surface area (Å²) in [6.45, 7) is 2.06. The summed E-state index contributed by atoms with van der Waals surface area (Å²) in [7, 11) is 0. The lowest BCUT2D eigenvalue weighted by molar-refractivity contribution is -0.137. The molecule has 0 aromatic heterocycles. The second kappa shape index (κ2) is 7.31. The quantitative estimate of drug-likeness (QED) is 0.864. The standard InChI is InChI=1S/C19H18O2/c1-15-5-7-17(8-6-15)13-14-18-11-9-16(10-12-18)3-2-4-19(20)21/h5-12H,2-4H2,1H3,(H,20,21). The topological polar surface area (TPSA) is 37.3 Å². The molecule has 2 rings (SSSR count). The highest BCUT2D eigenvalue weighted by atomic mass is 16.4. The van der Waals surface area contributed by atoms with Crippen molar-refractivity contribution in [2.24, 2.45) is 0 Å². The summed E-state index contributed by atoms with van der Waals surface area (Å²) in [5.41, 5.74) is 4.35. The first-order chi connectivity index (χ1) is 10.1. The van der Waals surface area contributed by atoms with E-state index < -0.39 is 5.97 Å². The van der Waals surface area contributed by atoms with Crippen LogP contribution < -0.4 is 0 Å². The van der Waals surface area contributed by atoms with Crippen molar-refractivity contribution < 1.29 is 9.90 Å². The molecule has 0 spiro atoms. The number of carboxylic acid groups (broad SMARTS) is 1. The van der Waals surface area contributed by atoms with Gasteiger partial charge in [0.15, 0.2) is 0 Å². The van der Waals surface area contributed by atoms with Crippen molar-refractivity contribution in [1.29, 1.82) is 0 Å². The van der Waals surface area contributed by atoms with E-state index in [4.69, 9.17) is 5.11 Å². The molecule has 1 N–H and O–H groups in total. The highest BCUT2D eigenvalue weighted by Crippen LogP contribution is 2.08. The van der Waals surface area contributed by atoms with Gasteiger partial charge in [-0.25, -0.2) is 0 Å². The maximum Gasteiger partial charge on any atom is 0.303 e. The van der Waals surface area contributed by atoms with Gasteiger partial charge < -0.3 is 5.11 Å². The Labute approximate surface area is 125 Å². The molecule has 0 amide bonds. The Balaban J connectivity index is 1.96. The second-order valence-corrected chi connectivity index (χ2v) is 5.06. The van der Waals surface area contributed by atoms with Crippen LogP contribution in [-0.2, 0) is 11.2 Å². The molecule has 0 saturated carbocycles. The molecule has 0 aliphatic heterocycles. The Morgan fingerprint density at radius 2 is 1.48 bits per heavy atom. The average molecular weight is 278 g/mol. The van der Waals surface area contributed by atoms with Crippen LogP contribution in [0, 0.1) is 18.8 Å². The largest absolute Gasteiger partial charge is 0.481 e. The van der Waals surface area contributed by atoms with Crippen LogP contribution in [0.3, 0.4) is 0 Å². The SMILES string of the molecule is Cc1ccc(C#Cc2ccc(CCCC(=O)O)cc2)cc1.